The van der Waals surface area contributed by atoms with Gasteiger partial charge in [-0.3, -0.25) is 4.79 Å². The molecule has 0 unspecified atom stereocenters. The van der Waals surface area contributed by atoms with Crippen LogP contribution in [0.25, 0.3) is 0 Å². The molecule has 0 N–H and O–H groups in total. The summed E-state index contributed by atoms with van der Waals surface area (Å²) >= 11 is 0. The molecule has 0 radical (unpaired) electrons. The fourth-order valence-corrected chi connectivity index (χ4v) is 0.654. The van der Waals surface area contributed by atoms with Gasteiger partial charge in [0.05, 0.1) is 0 Å². The minimum absolute atomic E-state index is 0.0301. The molecule has 1 aromatic heterocycles. The summed E-state index contributed by atoms with van der Waals surface area (Å²) in [6.45, 7) is 0.988. The highest BCUT2D eigenvalue weighted by atomic mass is 19.2. The topological polar surface area (TPSA) is 70.3 Å². The average Bonchev–Trinajstić information content (AvgIpc) is 2.05. The first-order valence-corrected chi connectivity index (χ1v) is 3.22. The summed E-state index contributed by atoms with van der Waals surface area (Å²) in [6, 6.07) is 0.754. The highest BCUT2D eigenvalue weighted by Crippen LogP contribution is 1.74. The van der Waals surface area contributed by atoms with Crippen molar-refractivity contribution in [1.29, 1.82) is 0 Å². The number of hydrogen-bond acceptors (Lipinski definition) is 4. The molecule has 7 heteroatoms. The molecular formula is C6H5FN2O4. The predicted molar refractivity (Wildman–Crippen MR) is 38.7 cm³/mol. The highest BCUT2D eigenvalue weighted by molar-refractivity contribution is 5.66. The standard InChI is InChI=1S/C6H5FN2O4/c1-4(10)13-9-5(11)2-3-8(7)6(9)12/h2-3H,1H3. The monoisotopic (exact) mass is 188 g/mol. The van der Waals surface area contributed by atoms with Crippen molar-refractivity contribution in [2.45, 2.75) is 6.92 Å². The molecular weight excluding hydrogens is 183 g/mol. The average molecular weight is 188 g/mol. The van der Waals surface area contributed by atoms with Crippen LogP contribution in [0.5, 0.6) is 0 Å². The molecule has 0 amide bonds. The Morgan fingerprint density at radius 3 is 2.69 bits per heavy atom. The van der Waals surface area contributed by atoms with Crippen LogP contribution < -0.4 is 16.1 Å². The van der Waals surface area contributed by atoms with Crippen LogP contribution in [0.1, 0.15) is 6.92 Å². The van der Waals surface area contributed by atoms with Crippen molar-refractivity contribution in [1.82, 2.24) is 9.52 Å². The Balaban J connectivity index is 3.35. The summed E-state index contributed by atoms with van der Waals surface area (Å²) in [7, 11) is 0. The molecule has 0 aliphatic heterocycles. The molecule has 6 nitrogen and oxygen atoms in total. The SMILES string of the molecule is CC(=O)On1c(=O)ccn(F)c1=O. The first-order valence-electron chi connectivity index (χ1n) is 3.22. The van der Waals surface area contributed by atoms with Gasteiger partial charge >= 0.3 is 11.7 Å². The zero-order valence-electron chi connectivity index (χ0n) is 6.56. The summed E-state index contributed by atoms with van der Waals surface area (Å²) in [5.74, 6) is -0.884. The van der Waals surface area contributed by atoms with Crippen LogP contribution in [0.15, 0.2) is 21.9 Å². The number of nitrogens with zero attached hydrogens (tertiary/aromatic N) is 2. The van der Waals surface area contributed by atoms with Gasteiger partial charge in [0, 0.05) is 19.2 Å². The molecule has 0 aromatic carbocycles. The summed E-state index contributed by atoms with van der Waals surface area (Å²) in [5, 5.41) is 0. The smallest absolute Gasteiger partial charge is 0.329 e. The molecule has 13 heavy (non-hydrogen) atoms. The van der Waals surface area contributed by atoms with Gasteiger partial charge in [-0.25, -0.2) is 9.59 Å². The lowest BCUT2D eigenvalue weighted by molar-refractivity contribution is -0.142. The first kappa shape index (κ1) is 9.17. The van der Waals surface area contributed by atoms with Crippen molar-refractivity contribution < 1.29 is 14.1 Å². The maximum atomic E-state index is 12.5. The molecule has 0 spiro atoms. The van der Waals surface area contributed by atoms with Crippen molar-refractivity contribution >= 4 is 5.97 Å². The Hall–Kier alpha value is -1.92. The fourth-order valence-electron chi connectivity index (χ4n) is 0.654. The molecule has 70 valence electrons. The molecule has 1 heterocycles. The number of halogens is 1. The van der Waals surface area contributed by atoms with Crippen molar-refractivity contribution in [3.8, 4) is 0 Å². The van der Waals surface area contributed by atoms with Crippen LogP contribution in [0, 0.1) is 0 Å². The summed E-state index contributed by atoms with van der Waals surface area (Å²) in [6.07, 6.45) is 0.630. The summed E-state index contributed by atoms with van der Waals surface area (Å²) < 4.78 is 12.5. The van der Waals surface area contributed by atoms with Crippen molar-refractivity contribution in [2.75, 3.05) is 0 Å². The number of aromatic nitrogens is 2. The molecule has 0 atom stereocenters. The van der Waals surface area contributed by atoms with E-state index < -0.39 is 17.2 Å². The van der Waals surface area contributed by atoms with Crippen LogP contribution in [-0.4, -0.2) is 15.5 Å². The number of carbonyl (C=O) groups is 1. The third-order valence-corrected chi connectivity index (χ3v) is 1.12. The van der Waals surface area contributed by atoms with E-state index in [-0.39, 0.29) is 9.52 Å². The van der Waals surface area contributed by atoms with E-state index in [1.165, 1.54) is 0 Å². The van der Waals surface area contributed by atoms with E-state index in [1.807, 2.05) is 0 Å². The maximum absolute atomic E-state index is 12.5. The number of rotatable bonds is 1. The zero-order valence-corrected chi connectivity index (χ0v) is 6.56. The van der Waals surface area contributed by atoms with Crippen LogP contribution in [0.3, 0.4) is 0 Å². The Morgan fingerprint density at radius 2 is 2.15 bits per heavy atom. The Morgan fingerprint density at radius 1 is 1.54 bits per heavy atom. The predicted octanol–water partition coefficient (Wildman–Crippen LogP) is -1.28. The molecule has 0 aliphatic carbocycles. The van der Waals surface area contributed by atoms with Gasteiger partial charge in [-0.2, -0.15) is 0 Å². The van der Waals surface area contributed by atoms with E-state index in [9.17, 15) is 18.9 Å². The number of carbonyl (C=O) groups excluding carboxylic acids is 1. The highest BCUT2D eigenvalue weighted by Gasteiger charge is 2.07. The minimum Gasteiger partial charge on any atom is -0.329 e. The quantitative estimate of drug-likeness (QED) is 0.550. The molecule has 0 saturated carbocycles. The second kappa shape index (κ2) is 3.21. The van der Waals surface area contributed by atoms with Gasteiger partial charge < -0.3 is 4.84 Å². The fraction of sp³-hybridized carbons (Fsp3) is 0.167. The van der Waals surface area contributed by atoms with Gasteiger partial charge in [0.15, 0.2) is 0 Å². The lowest BCUT2D eigenvalue weighted by Gasteiger charge is -2.01. The van der Waals surface area contributed by atoms with E-state index in [4.69, 9.17) is 0 Å². The van der Waals surface area contributed by atoms with E-state index in [0.717, 1.165) is 13.0 Å². The first-order chi connectivity index (χ1) is 6.02. The minimum atomic E-state index is -1.36. The van der Waals surface area contributed by atoms with Crippen LogP contribution in [0.2, 0.25) is 0 Å². The summed E-state index contributed by atoms with van der Waals surface area (Å²) in [4.78, 5) is 35.8. The van der Waals surface area contributed by atoms with E-state index in [2.05, 4.69) is 4.84 Å². The van der Waals surface area contributed by atoms with E-state index in [1.54, 1.807) is 0 Å². The van der Waals surface area contributed by atoms with Crippen molar-refractivity contribution in [3.05, 3.63) is 33.1 Å². The molecule has 0 saturated heterocycles. The van der Waals surface area contributed by atoms with Crippen molar-refractivity contribution in [2.24, 2.45) is 0 Å². The van der Waals surface area contributed by atoms with Gasteiger partial charge in [0.25, 0.3) is 5.56 Å². The molecule has 0 fully saturated rings. The van der Waals surface area contributed by atoms with Crippen LogP contribution in [-0.2, 0) is 4.79 Å². The third kappa shape index (κ3) is 1.81. The van der Waals surface area contributed by atoms with Crippen LogP contribution in [0.4, 0.5) is 4.48 Å². The zero-order chi connectivity index (χ0) is 10.0. The Kier molecular flexibility index (Phi) is 2.27. The van der Waals surface area contributed by atoms with Gasteiger partial charge in [0.1, 0.15) is 0 Å². The summed E-state index contributed by atoms with van der Waals surface area (Å²) in [5.41, 5.74) is -2.27. The van der Waals surface area contributed by atoms with Crippen molar-refractivity contribution in [3.63, 3.8) is 0 Å². The van der Waals surface area contributed by atoms with E-state index >= 15 is 0 Å². The molecule has 0 aliphatic rings. The molecule has 1 rings (SSSR count). The lowest BCUT2D eigenvalue weighted by atomic mass is 10.7. The molecule has 1 aromatic rings. The Bertz CT molecular complexity index is 447. The van der Waals surface area contributed by atoms with Crippen LogP contribution >= 0.6 is 0 Å². The van der Waals surface area contributed by atoms with Gasteiger partial charge in [-0.15, -0.1) is 4.79 Å². The lowest BCUT2D eigenvalue weighted by Crippen LogP contribution is -2.42. The molecule has 0 bridgehead atoms. The van der Waals surface area contributed by atoms with Gasteiger partial charge in [0.2, 0.25) is 0 Å². The largest absolute Gasteiger partial charge is 0.393 e. The number of hydrogen-bond donors (Lipinski definition) is 0. The normalized spacial score (nSPS) is 9.69. The Labute approximate surface area is 70.7 Å². The van der Waals surface area contributed by atoms with E-state index in [0.29, 0.717) is 6.20 Å². The second-order valence-electron chi connectivity index (χ2n) is 2.13. The maximum Gasteiger partial charge on any atom is 0.393 e. The second-order valence-corrected chi connectivity index (χ2v) is 2.13. The third-order valence-electron chi connectivity index (χ3n) is 1.12. The van der Waals surface area contributed by atoms with Gasteiger partial charge in [-0.05, 0) is 0 Å². The van der Waals surface area contributed by atoms with Gasteiger partial charge in [-0.1, -0.05) is 9.21 Å².